The SMILES string of the molecule is C=CC[C@@](C)(NCc1ccccc1)c1ccc(OC)cc1. The molecule has 2 nitrogen and oxygen atoms in total. The molecule has 0 aliphatic heterocycles. The van der Waals surface area contributed by atoms with Gasteiger partial charge in [0.25, 0.3) is 0 Å². The molecular weight excluding hydrogens is 258 g/mol. The molecule has 0 aliphatic carbocycles. The van der Waals surface area contributed by atoms with Gasteiger partial charge in [-0.2, -0.15) is 0 Å². The minimum Gasteiger partial charge on any atom is -0.497 e. The highest BCUT2D eigenvalue weighted by atomic mass is 16.5. The summed E-state index contributed by atoms with van der Waals surface area (Å²) in [6.45, 7) is 6.93. The fourth-order valence-electron chi connectivity index (χ4n) is 2.43. The topological polar surface area (TPSA) is 21.3 Å². The third-order valence-corrected chi connectivity index (χ3v) is 3.81. The molecular formula is C19H23NO. The molecule has 0 bridgehead atoms. The maximum atomic E-state index is 5.23. The van der Waals surface area contributed by atoms with E-state index in [2.05, 4.69) is 55.2 Å². The summed E-state index contributed by atoms with van der Waals surface area (Å²) >= 11 is 0. The maximum absolute atomic E-state index is 5.23. The highest BCUT2D eigenvalue weighted by Gasteiger charge is 2.24. The van der Waals surface area contributed by atoms with Crippen LogP contribution < -0.4 is 10.1 Å². The summed E-state index contributed by atoms with van der Waals surface area (Å²) in [6.07, 6.45) is 2.83. The highest BCUT2D eigenvalue weighted by Crippen LogP contribution is 2.27. The van der Waals surface area contributed by atoms with E-state index >= 15 is 0 Å². The van der Waals surface area contributed by atoms with Crippen LogP contribution in [0.4, 0.5) is 0 Å². The first kappa shape index (κ1) is 15.3. The Kier molecular flexibility index (Phi) is 5.18. The molecule has 0 radical (unpaired) electrons. The van der Waals surface area contributed by atoms with Crippen molar-refractivity contribution in [2.24, 2.45) is 0 Å². The van der Waals surface area contributed by atoms with Crippen LogP contribution in [0.25, 0.3) is 0 Å². The highest BCUT2D eigenvalue weighted by molar-refractivity contribution is 5.32. The molecule has 110 valence electrons. The molecule has 2 rings (SSSR count). The number of benzene rings is 2. The third-order valence-electron chi connectivity index (χ3n) is 3.81. The average Bonchev–Trinajstić information content (AvgIpc) is 2.54. The predicted molar refractivity (Wildman–Crippen MR) is 88.4 cm³/mol. The molecule has 0 amide bonds. The van der Waals surface area contributed by atoms with Gasteiger partial charge in [-0.05, 0) is 36.6 Å². The van der Waals surface area contributed by atoms with E-state index in [1.54, 1.807) is 7.11 Å². The predicted octanol–water partition coefficient (Wildman–Crippen LogP) is 4.28. The quantitative estimate of drug-likeness (QED) is 0.765. The maximum Gasteiger partial charge on any atom is 0.118 e. The van der Waals surface area contributed by atoms with Crippen LogP contribution >= 0.6 is 0 Å². The molecule has 21 heavy (non-hydrogen) atoms. The largest absolute Gasteiger partial charge is 0.497 e. The lowest BCUT2D eigenvalue weighted by Gasteiger charge is -2.31. The Bertz CT molecular complexity index is 562. The third kappa shape index (κ3) is 3.96. The van der Waals surface area contributed by atoms with E-state index in [9.17, 15) is 0 Å². The Hall–Kier alpha value is -2.06. The lowest BCUT2D eigenvalue weighted by Crippen LogP contribution is -2.38. The van der Waals surface area contributed by atoms with Crippen molar-refractivity contribution in [3.05, 3.63) is 78.4 Å². The van der Waals surface area contributed by atoms with Gasteiger partial charge in [0.15, 0.2) is 0 Å². The number of hydrogen-bond donors (Lipinski definition) is 1. The van der Waals surface area contributed by atoms with Gasteiger partial charge >= 0.3 is 0 Å². The molecule has 0 fully saturated rings. The molecule has 2 heteroatoms. The van der Waals surface area contributed by atoms with Crippen LogP contribution in [0.15, 0.2) is 67.3 Å². The van der Waals surface area contributed by atoms with Crippen LogP contribution in [-0.4, -0.2) is 7.11 Å². The van der Waals surface area contributed by atoms with Gasteiger partial charge in [-0.1, -0.05) is 48.5 Å². The van der Waals surface area contributed by atoms with Crippen molar-refractivity contribution in [3.8, 4) is 5.75 Å². The summed E-state index contributed by atoms with van der Waals surface area (Å²) in [4.78, 5) is 0. The van der Waals surface area contributed by atoms with Crippen molar-refractivity contribution < 1.29 is 4.74 Å². The van der Waals surface area contributed by atoms with E-state index in [0.29, 0.717) is 0 Å². The van der Waals surface area contributed by atoms with Gasteiger partial charge in [0.1, 0.15) is 5.75 Å². The second-order valence-electron chi connectivity index (χ2n) is 5.39. The molecule has 0 spiro atoms. The summed E-state index contributed by atoms with van der Waals surface area (Å²) in [5.41, 5.74) is 2.38. The zero-order chi connectivity index (χ0) is 15.1. The van der Waals surface area contributed by atoms with Crippen molar-refractivity contribution in [1.29, 1.82) is 0 Å². The van der Waals surface area contributed by atoms with Gasteiger partial charge in [-0.15, -0.1) is 6.58 Å². The summed E-state index contributed by atoms with van der Waals surface area (Å²) in [5, 5.41) is 3.66. The van der Waals surface area contributed by atoms with Crippen LogP contribution in [0, 0.1) is 0 Å². The van der Waals surface area contributed by atoms with Crippen LogP contribution in [0.3, 0.4) is 0 Å². The van der Waals surface area contributed by atoms with E-state index in [0.717, 1.165) is 18.7 Å². The number of rotatable bonds is 7. The van der Waals surface area contributed by atoms with Gasteiger partial charge in [0.05, 0.1) is 7.11 Å². The van der Waals surface area contributed by atoms with E-state index in [4.69, 9.17) is 4.74 Å². The average molecular weight is 281 g/mol. The smallest absolute Gasteiger partial charge is 0.118 e. The first-order valence-electron chi connectivity index (χ1n) is 7.22. The fourth-order valence-corrected chi connectivity index (χ4v) is 2.43. The van der Waals surface area contributed by atoms with Crippen molar-refractivity contribution >= 4 is 0 Å². The van der Waals surface area contributed by atoms with Crippen LogP contribution in [-0.2, 0) is 12.1 Å². The number of methoxy groups -OCH3 is 1. The molecule has 0 heterocycles. The molecule has 0 aromatic heterocycles. The van der Waals surface area contributed by atoms with E-state index in [1.165, 1.54) is 11.1 Å². The Labute approximate surface area is 127 Å². The second-order valence-corrected chi connectivity index (χ2v) is 5.39. The standard InChI is InChI=1S/C19H23NO/c1-4-14-19(2,17-10-12-18(21-3)13-11-17)20-15-16-8-6-5-7-9-16/h4-13,20H,1,14-15H2,2-3H3/t19-/m1/s1. The van der Waals surface area contributed by atoms with Crippen molar-refractivity contribution in [3.63, 3.8) is 0 Å². The van der Waals surface area contributed by atoms with Gasteiger partial charge < -0.3 is 10.1 Å². The number of ether oxygens (including phenoxy) is 1. The Morgan fingerprint density at radius 1 is 1.10 bits per heavy atom. The summed E-state index contributed by atoms with van der Waals surface area (Å²) in [6, 6.07) is 18.7. The van der Waals surface area contributed by atoms with E-state index in [1.807, 2.05) is 24.3 Å². The Morgan fingerprint density at radius 2 is 1.76 bits per heavy atom. The summed E-state index contributed by atoms with van der Waals surface area (Å²) < 4.78 is 5.23. The first-order valence-corrected chi connectivity index (χ1v) is 7.22. The monoisotopic (exact) mass is 281 g/mol. The summed E-state index contributed by atoms with van der Waals surface area (Å²) in [5.74, 6) is 0.878. The van der Waals surface area contributed by atoms with Crippen LogP contribution in [0.5, 0.6) is 5.75 Å². The minimum absolute atomic E-state index is 0.135. The molecule has 2 aromatic carbocycles. The zero-order valence-electron chi connectivity index (χ0n) is 12.8. The minimum atomic E-state index is -0.135. The zero-order valence-corrected chi connectivity index (χ0v) is 12.8. The van der Waals surface area contributed by atoms with E-state index in [-0.39, 0.29) is 5.54 Å². The molecule has 0 saturated carbocycles. The Morgan fingerprint density at radius 3 is 2.33 bits per heavy atom. The molecule has 1 atom stereocenters. The molecule has 0 unspecified atom stereocenters. The van der Waals surface area contributed by atoms with Gasteiger partial charge in [0.2, 0.25) is 0 Å². The van der Waals surface area contributed by atoms with Crippen molar-refractivity contribution in [1.82, 2.24) is 5.32 Å². The second kappa shape index (κ2) is 7.09. The van der Waals surface area contributed by atoms with Crippen molar-refractivity contribution in [2.45, 2.75) is 25.4 Å². The normalized spacial score (nSPS) is 13.4. The van der Waals surface area contributed by atoms with Crippen LogP contribution in [0.1, 0.15) is 24.5 Å². The summed E-state index contributed by atoms with van der Waals surface area (Å²) in [7, 11) is 1.69. The molecule has 1 N–H and O–H groups in total. The lowest BCUT2D eigenvalue weighted by molar-refractivity contribution is 0.366. The molecule has 0 saturated heterocycles. The van der Waals surface area contributed by atoms with Gasteiger partial charge in [-0.3, -0.25) is 0 Å². The molecule has 0 aliphatic rings. The van der Waals surface area contributed by atoms with Crippen LogP contribution in [0.2, 0.25) is 0 Å². The molecule has 2 aromatic rings. The fraction of sp³-hybridized carbons (Fsp3) is 0.263. The first-order chi connectivity index (χ1) is 10.2. The van der Waals surface area contributed by atoms with Gasteiger partial charge in [0, 0.05) is 12.1 Å². The van der Waals surface area contributed by atoms with Crippen molar-refractivity contribution in [2.75, 3.05) is 7.11 Å². The number of nitrogens with one attached hydrogen (secondary N) is 1. The number of hydrogen-bond acceptors (Lipinski definition) is 2. The Balaban J connectivity index is 2.16. The van der Waals surface area contributed by atoms with Gasteiger partial charge in [-0.25, -0.2) is 0 Å². The van der Waals surface area contributed by atoms with E-state index < -0.39 is 0 Å². The lowest BCUT2D eigenvalue weighted by atomic mass is 9.88.